The van der Waals surface area contributed by atoms with E-state index in [1.807, 2.05) is 48.5 Å². The number of hydrogen-bond donors (Lipinski definition) is 3. The molecule has 5 N–H and O–H groups in total. The molecule has 2 aromatic rings. The van der Waals surface area contributed by atoms with Gasteiger partial charge >= 0.3 is 0 Å². The standard InChI is InChI=1S/C26H31N5O.C3H6/c1-16(2)15-32-25-7-5-4-6-20(25)24-13-23(30-17(3)31-24)19-10-11-22(27)21(12-19)26(28)29-14-18-8-9-18;1-2-3-1/h4-7,10-13,16,18,31H,3,8-9,14-15,27H2,1-2H3,(H2,28,29);1-3H2. The molecule has 2 fully saturated rings. The number of nitrogens with two attached hydrogens (primary N) is 2. The van der Waals surface area contributed by atoms with Gasteiger partial charge in [0.15, 0.2) is 0 Å². The smallest absolute Gasteiger partial charge is 0.128 e. The molecule has 0 bridgehead atoms. The zero-order chi connectivity index (χ0) is 24.8. The van der Waals surface area contributed by atoms with Crippen LogP contribution in [0.25, 0.3) is 5.70 Å². The van der Waals surface area contributed by atoms with Crippen molar-refractivity contribution in [3.8, 4) is 5.75 Å². The number of para-hydroxylation sites is 1. The summed E-state index contributed by atoms with van der Waals surface area (Å²) in [5, 5.41) is 3.27. The van der Waals surface area contributed by atoms with Crippen LogP contribution in [0, 0.1) is 11.8 Å². The maximum Gasteiger partial charge on any atom is 0.128 e. The Morgan fingerprint density at radius 2 is 1.91 bits per heavy atom. The minimum atomic E-state index is 0.434. The molecular formula is C29H37N5O. The van der Waals surface area contributed by atoms with Gasteiger partial charge in [0.25, 0.3) is 0 Å². The summed E-state index contributed by atoms with van der Waals surface area (Å²) >= 11 is 0. The van der Waals surface area contributed by atoms with Gasteiger partial charge in [-0.25, -0.2) is 4.99 Å². The molecular weight excluding hydrogens is 434 g/mol. The SMILES string of the molecule is C1CC1.C=C1N=C(c2ccc(N)c(C(N)=NCC3CC3)c2)C=C(c2ccccc2OCC(C)C)N1. The van der Waals surface area contributed by atoms with Crippen LogP contribution in [-0.4, -0.2) is 24.7 Å². The first-order valence-corrected chi connectivity index (χ1v) is 12.6. The van der Waals surface area contributed by atoms with Crippen LogP contribution in [0.15, 0.2) is 70.9 Å². The topological polar surface area (TPSA) is 98.0 Å². The van der Waals surface area contributed by atoms with Crippen molar-refractivity contribution in [1.82, 2.24) is 5.32 Å². The van der Waals surface area contributed by atoms with Crippen LogP contribution in [0.2, 0.25) is 0 Å². The first-order valence-electron chi connectivity index (χ1n) is 12.6. The lowest BCUT2D eigenvalue weighted by atomic mass is 10.0. The molecule has 2 saturated carbocycles. The monoisotopic (exact) mass is 471 g/mol. The van der Waals surface area contributed by atoms with Gasteiger partial charge < -0.3 is 21.5 Å². The number of aliphatic imine (C=N–C) groups is 2. The van der Waals surface area contributed by atoms with Crippen molar-refractivity contribution in [2.75, 3.05) is 18.9 Å². The van der Waals surface area contributed by atoms with Gasteiger partial charge in [0, 0.05) is 28.9 Å². The van der Waals surface area contributed by atoms with E-state index in [4.69, 9.17) is 16.2 Å². The molecule has 0 unspecified atom stereocenters. The molecule has 0 aromatic heterocycles. The van der Waals surface area contributed by atoms with E-state index in [0.29, 0.717) is 35.8 Å². The molecule has 0 spiro atoms. The summed E-state index contributed by atoms with van der Waals surface area (Å²) in [7, 11) is 0. The van der Waals surface area contributed by atoms with Gasteiger partial charge in [-0.3, -0.25) is 4.99 Å². The predicted molar refractivity (Wildman–Crippen MR) is 147 cm³/mol. The number of allylic oxidation sites excluding steroid dienone is 1. The van der Waals surface area contributed by atoms with Crippen molar-refractivity contribution in [2.45, 2.75) is 46.0 Å². The van der Waals surface area contributed by atoms with Crippen molar-refractivity contribution in [1.29, 1.82) is 0 Å². The third-order valence-corrected chi connectivity index (χ3v) is 5.76. The summed E-state index contributed by atoms with van der Waals surface area (Å²) in [6, 6.07) is 13.7. The van der Waals surface area contributed by atoms with Crippen molar-refractivity contribution < 1.29 is 4.74 Å². The van der Waals surface area contributed by atoms with Crippen molar-refractivity contribution >= 4 is 22.9 Å². The van der Waals surface area contributed by atoms with Crippen molar-refractivity contribution in [3.05, 3.63) is 77.6 Å². The Balaban J connectivity index is 0.000000894. The van der Waals surface area contributed by atoms with E-state index in [-0.39, 0.29) is 0 Å². The summed E-state index contributed by atoms with van der Waals surface area (Å²) in [5.74, 6) is 2.96. The largest absolute Gasteiger partial charge is 0.493 e. The molecule has 6 heteroatoms. The molecule has 0 saturated heterocycles. The second-order valence-corrected chi connectivity index (χ2v) is 9.86. The highest BCUT2D eigenvalue weighted by atomic mass is 16.5. The highest BCUT2D eigenvalue weighted by molar-refractivity contribution is 6.15. The fraction of sp³-hybridized carbons (Fsp3) is 0.379. The van der Waals surface area contributed by atoms with E-state index >= 15 is 0 Å². The third-order valence-electron chi connectivity index (χ3n) is 5.76. The van der Waals surface area contributed by atoms with E-state index < -0.39 is 0 Å². The third kappa shape index (κ3) is 7.22. The Morgan fingerprint density at radius 1 is 1.17 bits per heavy atom. The summed E-state index contributed by atoms with van der Waals surface area (Å²) in [6.07, 6.45) is 8.96. The van der Waals surface area contributed by atoms with Gasteiger partial charge in [-0.1, -0.05) is 57.9 Å². The number of nitrogen functional groups attached to an aromatic ring is 1. The van der Waals surface area contributed by atoms with Crippen LogP contribution >= 0.6 is 0 Å². The summed E-state index contributed by atoms with van der Waals surface area (Å²) in [4.78, 5) is 9.16. The lowest BCUT2D eigenvalue weighted by Crippen LogP contribution is -2.20. The van der Waals surface area contributed by atoms with Crippen LogP contribution in [0.1, 0.15) is 62.6 Å². The molecule has 0 radical (unpaired) electrons. The van der Waals surface area contributed by atoms with E-state index in [1.54, 1.807) is 0 Å². The Kier molecular flexibility index (Phi) is 7.91. The number of hydrogen-bond acceptors (Lipinski definition) is 5. The molecule has 5 rings (SSSR count). The molecule has 3 aliphatic rings. The summed E-state index contributed by atoms with van der Waals surface area (Å²) < 4.78 is 6.05. The van der Waals surface area contributed by atoms with Crippen molar-refractivity contribution in [3.63, 3.8) is 0 Å². The maximum atomic E-state index is 6.26. The molecule has 2 aliphatic carbocycles. The second kappa shape index (κ2) is 11.3. The number of benzene rings is 2. The van der Waals surface area contributed by atoms with Crippen LogP contribution in [0.5, 0.6) is 5.75 Å². The van der Waals surface area contributed by atoms with Gasteiger partial charge in [-0.2, -0.15) is 0 Å². The van der Waals surface area contributed by atoms with Crippen LogP contribution in [0.4, 0.5) is 5.69 Å². The molecule has 1 heterocycles. The molecule has 0 atom stereocenters. The maximum absolute atomic E-state index is 6.26. The van der Waals surface area contributed by atoms with Gasteiger partial charge in [0.05, 0.1) is 18.0 Å². The Labute approximate surface area is 208 Å². The number of ether oxygens (including phenoxy) is 1. The van der Waals surface area contributed by atoms with Crippen LogP contribution in [-0.2, 0) is 0 Å². The average molecular weight is 472 g/mol. The Hall–Kier alpha value is -3.54. The number of nitrogens with one attached hydrogen (secondary N) is 1. The number of amidine groups is 1. The summed E-state index contributed by atoms with van der Waals surface area (Å²) in [6.45, 7) is 9.71. The van der Waals surface area contributed by atoms with Gasteiger partial charge in [0.2, 0.25) is 0 Å². The minimum absolute atomic E-state index is 0.434. The number of anilines is 1. The average Bonchev–Trinajstić information content (AvgIpc) is 3.75. The van der Waals surface area contributed by atoms with Gasteiger partial charge in [-0.05, 0) is 55.0 Å². The molecule has 184 valence electrons. The zero-order valence-electron chi connectivity index (χ0n) is 20.9. The normalized spacial score (nSPS) is 17.1. The lowest BCUT2D eigenvalue weighted by Gasteiger charge is -2.20. The fourth-order valence-corrected chi connectivity index (χ4v) is 3.45. The predicted octanol–water partition coefficient (Wildman–Crippen LogP) is 5.49. The fourth-order valence-electron chi connectivity index (χ4n) is 3.45. The first kappa shape index (κ1) is 24.6. The molecule has 1 aliphatic heterocycles. The number of rotatable bonds is 8. The van der Waals surface area contributed by atoms with E-state index in [1.165, 1.54) is 32.1 Å². The zero-order valence-corrected chi connectivity index (χ0v) is 20.9. The lowest BCUT2D eigenvalue weighted by molar-refractivity contribution is 0.270. The number of nitrogens with zero attached hydrogens (tertiary/aromatic N) is 2. The molecule has 35 heavy (non-hydrogen) atoms. The summed E-state index contributed by atoms with van der Waals surface area (Å²) in [5.41, 5.74) is 17.3. The van der Waals surface area contributed by atoms with Crippen LogP contribution < -0.4 is 21.5 Å². The second-order valence-electron chi connectivity index (χ2n) is 9.86. The highest BCUT2D eigenvalue weighted by Crippen LogP contribution is 2.30. The Morgan fingerprint density at radius 3 is 2.60 bits per heavy atom. The van der Waals surface area contributed by atoms with E-state index in [9.17, 15) is 0 Å². The quantitative estimate of drug-likeness (QED) is 0.269. The van der Waals surface area contributed by atoms with Gasteiger partial charge in [-0.15, -0.1) is 0 Å². The molecule has 6 nitrogen and oxygen atoms in total. The molecule has 2 aromatic carbocycles. The minimum Gasteiger partial charge on any atom is -0.493 e. The van der Waals surface area contributed by atoms with Crippen molar-refractivity contribution in [2.24, 2.45) is 27.6 Å². The van der Waals surface area contributed by atoms with E-state index in [2.05, 4.69) is 35.7 Å². The van der Waals surface area contributed by atoms with E-state index in [0.717, 1.165) is 40.4 Å². The van der Waals surface area contributed by atoms with Crippen LogP contribution in [0.3, 0.4) is 0 Å². The Bertz CT molecular complexity index is 1150. The first-order chi connectivity index (χ1) is 16.9. The highest BCUT2D eigenvalue weighted by Gasteiger charge is 2.21. The van der Waals surface area contributed by atoms with Gasteiger partial charge in [0.1, 0.15) is 17.4 Å². The molecule has 0 amide bonds.